The zero-order chi connectivity index (χ0) is 21.8. The monoisotopic (exact) mass is 414 g/mol. The average molecular weight is 414 g/mol. The Balaban J connectivity index is 1.71. The number of nitrogens with two attached hydrogens (primary N) is 1. The van der Waals surface area contributed by atoms with Crippen LogP contribution < -0.4 is 11.1 Å². The Morgan fingerprint density at radius 1 is 1.17 bits per heavy atom. The Labute approximate surface area is 173 Å². The average Bonchev–Trinajstić information content (AvgIpc) is 2.69. The van der Waals surface area contributed by atoms with Crippen molar-refractivity contribution in [2.24, 2.45) is 16.6 Å². The van der Waals surface area contributed by atoms with Crippen LogP contribution in [0.25, 0.3) is 0 Å². The van der Waals surface area contributed by atoms with Gasteiger partial charge < -0.3 is 11.1 Å². The Bertz CT molecular complexity index is 974. The summed E-state index contributed by atoms with van der Waals surface area (Å²) >= 11 is 0. The van der Waals surface area contributed by atoms with Crippen molar-refractivity contribution in [3.05, 3.63) is 70.8 Å². The molecule has 0 fully saturated rings. The van der Waals surface area contributed by atoms with Crippen molar-refractivity contribution >= 4 is 17.8 Å². The molecule has 0 bridgehead atoms. The summed E-state index contributed by atoms with van der Waals surface area (Å²) in [5.74, 6) is -1.36. The zero-order valence-corrected chi connectivity index (χ0v) is 16.9. The summed E-state index contributed by atoms with van der Waals surface area (Å²) in [6.45, 7) is 4.13. The highest BCUT2D eigenvalue weighted by molar-refractivity contribution is 5.98. The first-order chi connectivity index (χ1) is 14.2. The molecule has 30 heavy (non-hydrogen) atoms. The molecule has 2 aromatic carbocycles. The molecule has 0 saturated heterocycles. The summed E-state index contributed by atoms with van der Waals surface area (Å²) < 4.78 is 27.1. The number of halogens is 2. The van der Waals surface area contributed by atoms with Crippen molar-refractivity contribution in [1.29, 1.82) is 0 Å². The highest BCUT2D eigenvalue weighted by atomic mass is 19.1. The number of benzene rings is 2. The summed E-state index contributed by atoms with van der Waals surface area (Å²) in [4.78, 5) is 30.6. The molecular formula is C22H24F2N4O2. The van der Waals surface area contributed by atoms with E-state index in [4.69, 9.17) is 5.73 Å². The molecule has 0 spiro atoms. The van der Waals surface area contributed by atoms with Crippen molar-refractivity contribution in [3.63, 3.8) is 0 Å². The molecule has 3 N–H and O–H groups in total. The van der Waals surface area contributed by atoms with E-state index in [1.54, 1.807) is 12.1 Å². The lowest BCUT2D eigenvalue weighted by molar-refractivity contribution is -0.129. The minimum Gasteiger partial charge on any atom is -0.369 e. The predicted octanol–water partition coefficient (Wildman–Crippen LogP) is 2.97. The molecule has 1 unspecified atom stereocenters. The Hall–Kier alpha value is -3.29. The minimum absolute atomic E-state index is 0.0228. The minimum atomic E-state index is -0.598. The summed E-state index contributed by atoms with van der Waals surface area (Å²) in [7, 11) is 0. The second-order valence-electron chi connectivity index (χ2n) is 7.64. The maximum atomic E-state index is 14.1. The Kier molecular flexibility index (Phi) is 6.44. The van der Waals surface area contributed by atoms with Crippen LogP contribution in [0.3, 0.4) is 0 Å². The van der Waals surface area contributed by atoms with Gasteiger partial charge >= 0.3 is 0 Å². The lowest BCUT2D eigenvalue weighted by Crippen LogP contribution is -2.47. The van der Waals surface area contributed by atoms with Crippen LogP contribution in [0.2, 0.25) is 0 Å². The van der Waals surface area contributed by atoms with Crippen molar-refractivity contribution in [1.82, 2.24) is 10.2 Å². The Morgan fingerprint density at radius 3 is 2.50 bits per heavy atom. The fourth-order valence-electron chi connectivity index (χ4n) is 3.20. The third kappa shape index (κ3) is 5.20. The summed E-state index contributed by atoms with van der Waals surface area (Å²) in [5, 5.41) is 2.67. The number of hydrogen-bond donors (Lipinski definition) is 2. The SMILES string of the molecule is CC(C)C1CC(=O)N(Cc2cc(F)cc(C(=O)NCc3ccc(F)cc3)c2)C(N)=N1. The molecule has 8 heteroatoms. The predicted molar refractivity (Wildman–Crippen MR) is 109 cm³/mol. The number of carbonyl (C=O) groups excluding carboxylic acids is 2. The van der Waals surface area contributed by atoms with Crippen LogP contribution in [0.15, 0.2) is 47.5 Å². The fraction of sp³-hybridized carbons (Fsp3) is 0.318. The van der Waals surface area contributed by atoms with Crippen LogP contribution in [-0.2, 0) is 17.9 Å². The van der Waals surface area contributed by atoms with Gasteiger partial charge in [0.15, 0.2) is 5.96 Å². The molecule has 1 aliphatic heterocycles. The normalized spacial score (nSPS) is 16.6. The van der Waals surface area contributed by atoms with E-state index in [2.05, 4.69) is 10.3 Å². The number of hydrogen-bond acceptors (Lipinski definition) is 4. The molecule has 2 aromatic rings. The van der Waals surface area contributed by atoms with Crippen molar-refractivity contribution < 1.29 is 18.4 Å². The number of guanidine groups is 1. The molecule has 158 valence electrons. The number of amides is 2. The van der Waals surface area contributed by atoms with Crippen molar-refractivity contribution in [3.8, 4) is 0 Å². The van der Waals surface area contributed by atoms with E-state index in [0.717, 1.165) is 6.07 Å². The van der Waals surface area contributed by atoms with Crippen LogP contribution in [0.1, 0.15) is 41.8 Å². The molecule has 0 aliphatic carbocycles. The second kappa shape index (κ2) is 9.02. The third-order valence-corrected chi connectivity index (χ3v) is 4.96. The largest absolute Gasteiger partial charge is 0.369 e. The topological polar surface area (TPSA) is 87.8 Å². The molecule has 1 aliphatic rings. The maximum absolute atomic E-state index is 14.1. The van der Waals surface area contributed by atoms with E-state index in [9.17, 15) is 18.4 Å². The maximum Gasteiger partial charge on any atom is 0.251 e. The molecular weight excluding hydrogens is 390 g/mol. The van der Waals surface area contributed by atoms with Crippen LogP contribution in [0, 0.1) is 17.6 Å². The van der Waals surface area contributed by atoms with E-state index in [1.807, 2.05) is 13.8 Å². The van der Waals surface area contributed by atoms with E-state index in [-0.39, 0.29) is 54.7 Å². The smallest absolute Gasteiger partial charge is 0.251 e. The number of nitrogens with one attached hydrogen (secondary N) is 1. The summed E-state index contributed by atoms with van der Waals surface area (Å²) in [6.07, 6.45) is 0.235. The van der Waals surface area contributed by atoms with Gasteiger partial charge in [0.25, 0.3) is 5.91 Å². The van der Waals surface area contributed by atoms with Crippen LogP contribution in [0.5, 0.6) is 0 Å². The molecule has 0 radical (unpaired) electrons. The van der Waals surface area contributed by atoms with Gasteiger partial charge in [-0.25, -0.2) is 13.8 Å². The van der Waals surface area contributed by atoms with Gasteiger partial charge in [-0.15, -0.1) is 0 Å². The van der Waals surface area contributed by atoms with Crippen molar-refractivity contribution in [2.45, 2.75) is 39.4 Å². The van der Waals surface area contributed by atoms with Gasteiger partial charge in [-0.05, 0) is 47.4 Å². The molecule has 0 aromatic heterocycles. The second-order valence-corrected chi connectivity index (χ2v) is 7.64. The third-order valence-electron chi connectivity index (χ3n) is 4.96. The number of aliphatic imine (C=N–C) groups is 1. The Morgan fingerprint density at radius 2 is 1.87 bits per heavy atom. The number of rotatable bonds is 6. The van der Waals surface area contributed by atoms with Gasteiger partial charge in [0.1, 0.15) is 11.6 Å². The van der Waals surface area contributed by atoms with Crippen LogP contribution in [0.4, 0.5) is 8.78 Å². The van der Waals surface area contributed by atoms with Gasteiger partial charge in [0.05, 0.1) is 19.0 Å². The molecule has 2 amide bonds. The standard InChI is InChI=1S/C22H24F2N4O2/c1-13(2)19-10-20(29)28(22(25)27-19)12-15-7-16(9-18(24)8-15)21(30)26-11-14-3-5-17(23)6-4-14/h3-9,13,19H,10-12H2,1-2H3,(H2,25,27)(H,26,30). The lowest BCUT2D eigenvalue weighted by atomic mass is 9.99. The number of carbonyl (C=O) groups is 2. The van der Waals surface area contributed by atoms with Gasteiger partial charge in [0.2, 0.25) is 5.91 Å². The molecule has 0 saturated carbocycles. The van der Waals surface area contributed by atoms with E-state index >= 15 is 0 Å². The molecule has 6 nitrogen and oxygen atoms in total. The van der Waals surface area contributed by atoms with Gasteiger partial charge in [-0.3, -0.25) is 14.5 Å². The quantitative estimate of drug-likeness (QED) is 0.762. The van der Waals surface area contributed by atoms with Crippen molar-refractivity contribution in [2.75, 3.05) is 0 Å². The van der Waals surface area contributed by atoms with E-state index in [0.29, 0.717) is 11.1 Å². The summed E-state index contributed by atoms with van der Waals surface area (Å²) in [6, 6.07) is 9.43. The first kappa shape index (κ1) is 21.4. The van der Waals surface area contributed by atoms with Gasteiger partial charge in [-0.1, -0.05) is 26.0 Å². The van der Waals surface area contributed by atoms with Gasteiger partial charge in [0, 0.05) is 12.1 Å². The van der Waals surface area contributed by atoms with Gasteiger partial charge in [-0.2, -0.15) is 0 Å². The van der Waals surface area contributed by atoms with Crippen LogP contribution >= 0.6 is 0 Å². The zero-order valence-electron chi connectivity index (χ0n) is 16.9. The van der Waals surface area contributed by atoms with E-state index in [1.165, 1.54) is 29.2 Å². The fourth-order valence-corrected chi connectivity index (χ4v) is 3.20. The lowest BCUT2D eigenvalue weighted by Gasteiger charge is -2.30. The summed E-state index contributed by atoms with van der Waals surface area (Å²) in [5.41, 5.74) is 7.22. The first-order valence-electron chi connectivity index (χ1n) is 9.68. The van der Waals surface area contributed by atoms with E-state index < -0.39 is 11.7 Å². The molecule has 1 atom stereocenters. The molecule has 3 rings (SSSR count). The highest BCUT2D eigenvalue weighted by Gasteiger charge is 2.29. The first-order valence-corrected chi connectivity index (χ1v) is 9.68. The highest BCUT2D eigenvalue weighted by Crippen LogP contribution is 2.20. The van der Waals surface area contributed by atoms with Crippen LogP contribution in [-0.4, -0.2) is 28.7 Å². The number of nitrogens with zero attached hydrogens (tertiary/aromatic N) is 2. The molecule has 1 heterocycles.